The summed E-state index contributed by atoms with van der Waals surface area (Å²) in [5, 5.41) is 0. The maximum atomic E-state index is 12.5. The Hall–Kier alpha value is -0.620. The molecular formula is C15H28N2O3S. The van der Waals surface area contributed by atoms with Gasteiger partial charge in [0.05, 0.1) is 6.26 Å². The van der Waals surface area contributed by atoms with E-state index in [1.165, 1.54) is 25.5 Å². The number of sulfonamides is 1. The first-order valence-corrected chi connectivity index (χ1v) is 10.00. The molecule has 0 radical (unpaired) electrons. The Morgan fingerprint density at radius 3 is 2.10 bits per heavy atom. The highest BCUT2D eigenvalue weighted by Crippen LogP contribution is 2.28. The third-order valence-electron chi connectivity index (χ3n) is 4.93. The van der Waals surface area contributed by atoms with Gasteiger partial charge in [-0.25, -0.2) is 13.1 Å². The van der Waals surface area contributed by atoms with Gasteiger partial charge in [0.2, 0.25) is 15.9 Å². The number of amides is 1. The minimum absolute atomic E-state index is 0.0365. The van der Waals surface area contributed by atoms with Crippen molar-refractivity contribution in [2.24, 2.45) is 5.92 Å². The fourth-order valence-electron chi connectivity index (χ4n) is 3.70. The second-order valence-electron chi connectivity index (χ2n) is 6.68. The Morgan fingerprint density at radius 2 is 1.57 bits per heavy atom. The van der Waals surface area contributed by atoms with Crippen LogP contribution in [0, 0.1) is 5.92 Å². The molecule has 2 saturated carbocycles. The number of carbonyl (C=O) groups is 1. The average Bonchev–Trinajstić information content (AvgIpc) is 2.46. The Kier molecular flexibility index (Phi) is 5.66. The number of rotatable bonds is 4. The van der Waals surface area contributed by atoms with Crippen molar-refractivity contribution in [3.8, 4) is 0 Å². The molecule has 0 aromatic heterocycles. The topological polar surface area (TPSA) is 66.5 Å². The zero-order valence-corrected chi connectivity index (χ0v) is 14.0. The minimum Gasteiger partial charge on any atom is -0.343 e. The normalized spacial score (nSPS) is 28.3. The van der Waals surface area contributed by atoms with E-state index in [-0.39, 0.29) is 18.0 Å². The van der Waals surface area contributed by atoms with Gasteiger partial charge in [0.15, 0.2) is 0 Å². The predicted octanol–water partition coefficient (Wildman–Crippen LogP) is 1.89. The van der Waals surface area contributed by atoms with Crippen LogP contribution in [0.5, 0.6) is 0 Å². The van der Waals surface area contributed by atoms with Crippen LogP contribution in [0.3, 0.4) is 0 Å². The molecule has 0 aromatic carbocycles. The van der Waals surface area contributed by atoms with Crippen LogP contribution in [0.4, 0.5) is 0 Å². The van der Waals surface area contributed by atoms with Gasteiger partial charge in [-0.1, -0.05) is 19.3 Å². The summed E-state index contributed by atoms with van der Waals surface area (Å²) in [6, 6.07) is 0.312. The maximum Gasteiger partial charge on any atom is 0.225 e. The van der Waals surface area contributed by atoms with E-state index in [1.807, 2.05) is 11.9 Å². The van der Waals surface area contributed by atoms with E-state index in [4.69, 9.17) is 0 Å². The largest absolute Gasteiger partial charge is 0.343 e. The second-order valence-corrected chi connectivity index (χ2v) is 8.46. The molecule has 0 atom stereocenters. The standard InChI is InChI=1S/C15H28N2O3S/c1-17(15(18)12-6-4-3-5-7-12)14-10-8-13(9-11-14)16-21(2,19)20/h12-14,16H,3-11H2,1-2H3. The molecule has 6 heteroatoms. The first-order chi connectivity index (χ1) is 9.87. The molecule has 0 aromatic rings. The summed E-state index contributed by atoms with van der Waals surface area (Å²) in [6.45, 7) is 0. The lowest BCUT2D eigenvalue weighted by Crippen LogP contribution is -2.46. The van der Waals surface area contributed by atoms with Crippen molar-refractivity contribution in [2.75, 3.05) is 13.3 Å². The molecule has 5 nitrogen and oxygen atoms in total. The maximum absolute atomic E-state index is 12.5. The van der Waals surface area contributed by atoms with Crippen LogP contribution in [0.2, 0.25) is 0 Å². The van der Waals surface area contributed by atoms with Crippen molar-refractivity contribution in [2.45, 2.75) is 69.9 Å². The molecule has 2 fully saturated rings. The lowest BCUT2D eigenvalue weighted by atomic mass is 9.86. The summed E-state index contributed by atoms with van der Waals surface area (Å²) in [5.74, 6) is 0.518. The van der Waals surface area contributed by atoms with Gasteiger partial charge < -0.3 is 4.90 Å². The lowest BCUT2D eigenvalue weighted by molar-refractivity contribution is -0.138. The third kappa shape index (κ3) is 4.95. The van der Waals surface area contributed by atoms with Gasteiger partial charge in [-0.05, 0) is 38.5 Å². The summed E-state index contributed by atoms with van der Waals surface area (Å²) in [5.41, 5.74) is 0. The molecule has 1 N–H and O–H groups in total. The van der Waals surface area contributed by atoms with Gasteiger partial charge in [0, 0.05) is 25.0 Å². The Bertz CT molecular complexity index is 450. The van der Waals surface area contributed by atoms with Gasteiger partial charge >= 0.3 is 0 Å². The van der Waals surface area contributed by atoms with Crippen molar-refractivity contribution in [1.29, 1.82) is 0 Å². The number of nitrogens with one attached hydrogen (secondary N) is 1. The predicted molar refractivity (Wildman–Crippen MR) is 83.4 cm³/mol. The summed E-state index contributed by atoms with van der Waals surface area (Å²) < 4.78 is 25.2. The first kappa shape index (κ1) is 16.7. The van der Waals surface area contributed by atoms with Crippen molar-refractivity contribution in [3.63, 3.8) is 0 Å². The van der Waals surface area contributed by atoms with Crippen molar-refractivity contribution < 1.29 is 13.2 Å². The van der Waals surface area contributed by atoms with Gasteiger partial charge in [-0.3, -0.25) is 4.79 Å². The van der Waals surface area contributed by atoms with E-state index >= 15 is 0 Å². The minimum atomic E-state index is -3.13. The molecule has 21 heavy (non-hydrogen) atoms. The highest BCUT2D eigenvalue weighted by molar-refractivity contribution is 7.88. The van der Waals surface area contributed by atoms with E-state index in [2.05, 4.69) is 4.72 Å². The molecule has 0 heterocycles. The molecule has 0 unspecified atom stereocenters. The summed E-state index contributed by atoms with van der Waals surface area (Å²) in [7, 11) is -1.20. The zero-order valence-electron chi connectivity index (χ0n) is 13.2. The molecule has 122 valence electrons. The fraction of sp³-hybridized carbons (Fsp3) is 0.933. The Balaban J connectivity index is 1.82. The van der Waals surface area contributed by atoms with Gasteiger partial charge in [0.25, 0.3) is 0 Å². The van der Waals surface area contributed by atoms with Gasteiger partial charge in [-0.2, -0.15) is 0 Å². The van der Waals surface area contributed by atoms with E-state index in [0.29, 0.717) is 5.91 Å². The van der Waals surface area contributed by atoms with Crippen LogP contribution >= 0.6 is 0 Å². The smallest absolute Gasteiger partial charge is 0.225 e. The van der Waals surface area contributed by atoms with E-state index in [0.717, 1.165) is 38.5 Å². The van der Waals surface area contributed by atoms with Gasteiger partial charge in [-0.15, -0.1) is 0 Å². The van der Waals surface area contributed by atoms with Crippen molar-refractivity contribution >= 4 is 15.9 Å². The van der Waals surface area contributed by atoms with E-state index in [9.17, 15) is 13.2 Å². The summed E-state index contributed by atoms with van der Waals surface area (Å²) in [4.78, 5) is 14.5. The summed E-state index contributed by atoms with van der Waals surface area (Å²) in [6.07, 6.45) is 10.3. The Labute approximate surface area is 128 Å². The SMILES string of the molecule is CN(C(=O)C1CCCCC1)C1CCC(NS(C)(=O)=O)CC1. The highest BCUT2D eigenvalue weighted by Gasteiger charge is 2.31. The number of carbonyl (C=O) groups excluding carboxylic acids is 1. The van der Waals surface area contributed by atoms with Crippen LogP contribution < -0.4 is 4.72 Å². The monoisotopic (exact) mass is 316 g/mol. The number of hydrogen-bond acceptors (Lipinski definition) is 3. The lowest BCUT2D eigenvalue weighted by Gasteiger charge is -2.37. The van der Waals surface area contributed by atoms with Crippen LogP contribution in [-0.4, -0.2) is 44.6 Å². The van der Waals surface area contributed by atoms with Crippen molar-refractivity contribution in [1.82, 2.24) is 9.62 Å². The molecular weight excluding hydrogens is 288 g/mol. The molecule has 0 aliphatic heterocycles. The zero-order chi connectivity index (χ0) is 15.5. The van der Waals surface area contributed by atoms with Crippen LogP contribution in [-0.2, 0) is 14.8 Å². The Morgan fingerprint density at radius 1 is 1.00 bits per heavy atom. The first-order valence-electron chi connectivity index (χ1n) is 8.11. The molecule has 2 aliphatic rings. The molecule has 1 amide bonds. The molecule has 2 rings (SSSR count). The highest BCUT2D eigenvalue weighted by atomic mass is 32.2. The van der Waals surface area contributed by atoms with E-state index < -0.39 is 10.0 Å². The van der Waals surface area contributed by atoms with E-state index in [1.54, 1.807) is 0 Å². The second kappa shape index (κ2) is 7.09. The quantitative estimate of drug-likeness (QED) is 0.861. The molecule has 0 bridgehead atoms. The van der Waals surface area contributed by atoms with Crippen molar-refractivity contribution in [3.05, 3.63) is 0 Å². The average molecular weight is 316 g/mol. The van der Waals surface area contributed by atoms with Gasteiger partial charge in [0.1, 0.15) is 0 Å². The fourth-order valence-corrected chi connectivity index (χ4v) is 4.54. The van der Waals surface area contributed by atoms with Crippen LogP contribution in [0.25, 0.3) is 0 Å². The summed E-state index contributed by atoms with van der Waals surface area (Å²) >= 11 is 0. The number of nitrogens with zero attached hydrogens (tertiary/aromatic N) is 1. The third-order valence-corrected chi connectivity index (χ3v) is 5.69. The number of hydrogen-bond donors (Lipinski definition) is 1. The molecule has 0 spiro atoms. The van der Waals surface area contributed by atoms with Crippen LogP contribution in [0.15, 0.2) is 0 Å². The molecule has 2 aliphatic carbocycles. The van der Waals surface area contributed by atoms with Crippen LogP contribution in [0.1, 0.15) is 57.8 Å². The molecule has 0 saturated heterocycles.